The van der Waals surface area contributed by atoms with Crippen LogP contribution in [0.3, 0.4) is 0 Å². The number of nitrogens with zero attached hydrogens (tertiary/aromatic N) is 1. The average molecular weight is 233 g/mol. The van der Waals surface area contributed by atoms with Gasteiger partial charge in [0.2, 0.25) is 0 Å². The highest BCUT2D eigenvalue weighted by molar-refractivity contribution is 5.39. The van der Waals surface area contributed by atoms with Crippen molar-refractivity contribution < 1.29 is 0 Å². The van der Waals surface area contributed by atoms with Gasteiger partial charge in [-0.15, -0.1) is 0 Å². The topological polar surface area (TPSA) is 3.24 Å². The molecule has 1 aromatic carbocycles. The second kappa shape index (κ2) is 6.20. The van der Waals surface area contributed by atoms with E-state index >= 15 is 0 Å². The van der Waals surface area contributed by atoms with Crippen LogP contribution >= 0.6 is 0 Å². The maximum atomic E-state index is 2.41. The van der Waals surface area contributed by atoms with Crippen molar-refractivity contribution in [2.45, 2.75) is 53.5 Å². The number of rotatable bonds is 5. The third-order valence-corrected chi connectivity index (χ3v) is 3.58. The van der Waals surface area contributed by atoms with Gasteiger partial charge in [-0.05, 0) is 55.1 Å². The monoisotopic (exact) mass is 233 g/mol. The van der Waals surface area contributed by atoms with Gasteiger partial charge in [-0.25, -0.2) is 0 Å². The molecule has 0 aliphatic carbocycles. The zero-order valence-electron chi connectivity index (χ0n) is 12.3. The standard InChI is InChI=1S/C16H27N/c1-7-14-10-15(11-17(6)8-2)13(5)9-16(14)12(3)4/h9-10,12H,7-8,11H2,1-6H3. The summed E-state index contributed by atoms with van der Waals surface area (Å²) in [6.07, 6.45) is 1.14. The van der Waals surface area contributed by atoms with Crippen LogP contribution in [0.4, 0.5) is 0 Å². The molecule has 0 radical (unpaired) electrons. The fourth-order valence-corrected chi connectivity index (χ4v) is 2.24. The van der Waals surface area contributed by atoms with E-state index < -0.39 is 0 Å². The lowest BCUT2D eigenvalue weighted by Crippen LogP contribution is -2.17. The predicted molar refractivity (Wildman–Crippen MR) is 76.7 cm³/mol. The van der Waals surface area contributed by atoms with E-state index in [4.69, 9.17) is 0 Å². The zero-order chi connectivity index (χ0) is 13.0. The van der Waals surface area contributed by atoms with Gasteiger partial charge in [0.05, 0.1) is 0 Å². The summed E-state index contributed by atoms with van der Waals surface area (Å²) in [4.78, 5) is 2.36. The second-order valence-corrected chi connectivity index (χ2v) is 5.32. The maximum absolute atomic E-state index is 2.41. The smallest absolute Gasteiger partial charge is 0.0233 e. The quantitative estimate of drug-likeness (QED) is 0.739. The molecule has 0 aromatic heterocycles. The van der Waals surface area contributed by atoms with E-state index in [2.05, 4.69) is 58.7 Å². The zero-order valence-corrected chi connectivity index (χ0v) is 12.3. The van der Waals surface area contributed by atoms with Crippen LogP contribution in [-0.4, -0.2) is 18.5 Å². The molecule has 0 aliphatic rings. The van der Waals surface area contributed by atoms with Gasteiger partial charge in [0.15, 0.2) is 0 Å². The van der Waals surface area contributed by atoms with E-state index in [1.165, 1.54) is 22.3 Å². The van der Waals surface area contributed by atoms with Crippen LogP contribution in [-0.2, 0) is 13.0 Å². The summed E-state index contributed by atoms with van der Waals surface area (Å²) in [5.74, 6) is 0.626. The maximum Gasteiger partial charge on any atom is 0.0233 e. The molecule has 0 fully saturated rings. The molecular formula is C16H27N. The van der Waals surface area contributed by atoms with Crippen LogP contribution in [0.5, 0.6) is 0 Å². The molecule has 0 heterocycles. The summed E-state index contributed by atoms with van der Waals surface area (Å²) in [5, 5.41) is 0. The highest BCUT2D eigenvalue weighted by Crippen LogP contribution is 2.24. The third kappa shape index (κ3) is 3.57. The van der Waals surface area contributed by atoms with Gasteiger partial charge in [0.25, 0.3) is 0 Å². The summed E-state index contributed by atoms with van der Waals surface area (Å²) in [7, 11) is 2.18. The van der Waals surface area contributed by atoms with E-state index in [0.29, 0.717) is 5.92 Å². The molecule has 0 unspecified atom stereocenters. The van der Waals surface area contributed by atoms with E-state index in [9.17, 15) is 0 Å². The van der Waals surface area contributed by atoms with Crippen molar-refractivity contribution in [3.05, 3.63) is 34.4 Å². The van der Waals surface area contributed by atoms with Crippen molar-refractivity contribution in [3.8, 4) is 0 Å². The average Bonchev–Trinajstić information content (AvgIpc) is 2.30. The first-order valence-corrected chi connectivity index (χ1v) is 6.80. The summed E-state index contributed by atoms with van der Waals surface area (Å²) >= 11 is 0. The Hall–Kier alpha value is -0.820. The molecule has 0 saturated carbocycles. The summed E-state index contributed by atoms with van der Waals surface area (Å²) in [5.41, 5.74) is 5.96. The van der Waals surface area contributed by atoms with Crippen molar-refractivity contribution in [2.75, 3.05) is 13.6 Å². The Morgan fingerprint density at radius 2 is 1.76 bits per heavy atom. The third-order valence-electron chi connectivity index (χ3n) is 3.58. The number of benzene rings is 1. The fourth-order valence-electron chi connectivity index (χ4n) is 2.24. The van der Waals surface area contributed by atoms with Gasteiger partial charge in [-0.1, -0.05) is 39.8 Å². The van der Waals surface area contributed by atoms with Crippen LogP contribution in [0.2, 0.25) is 0 Å². The minimum absolute atomic E-state index is 0.626. The van der Waals surface area contributed by atoms with Gasteiger partial charge >= 0.3 is 0 Å². The van der Waals surface area contributed by atoms with Gasteiger partial charge in [0.1, 0.15) is 0 Å². The molecule has 0 atom stereocenters. The van der Waals surface area contributed by atoms with Crippen molar-refractivity contribution >= 4 is 0 Å². The summed E-state index contributed by atoms with van der Waals surface area (Å²) in [6.45, 7) is 13.4. The number of aryl methyl sites for hydroxylation is 2. The van der Waals surface area contributed by atoms with Gasteiger partial charge in [-0.2, -0.15) is 0 Å². The van der Waals surface area contributed by atoms with Crippen molar-refractivity contribution in [1.82, 2.24) is 4.90 Å². The van der Waals surface area contributed by atoms with Crippen LogP contribution in [0.15, 0.2) is 12.1 Å². The lowest BCUT2D eigenvalue weighted by Gasteiger charge is -2.20. The van der Waals surface area contributed by atoms with Crippen LogP contribution in [0.1, 0.15) is 55.9 Å². The Morgan fingerprint density at radius 3 is 2.24 bits per heavy atom. The largest absolute Gasteiger partial charge is 0.302 e. The Morgan fingerprint density at radius 1 is 1.12 bits per heavy atom. The molecule has 0 aliphatic heterocycles. The lowest BCUT2D eigenvalue weighted by atomic mass is 9.91. The molecule has 96 valence electrons. The predicted octanol–water partition coefficient (Wildman–Crippen LogP) is 4.13. The van der Waals surface area contributed by atoms with Crippen LogP contribution in [0, 0.1) is 6.92 Å². The molecule has 0 spiro atoms. The fraction of sp³-hybridized carbons (Fsp3) is 0.625. The molecule has 0 amide bonds. The number of hydrogen-bond donors (Lipinski definition) is 0. The summed E-state index contributed by atoms with van der Waals surface area (Å²) < 4.78 is 0. The van der Waals surface area contributed by atoms with E-state index in [1.54, 1.807) is 0 Å². The lowest BCUT2D eigenvalue weighted by molar-refractivity contribution is 0.345. The Balaban J connectivity index is 3.09. The SMILES string of the molecule is CCc1cc(CN(C)CC)c(C)cc1C(C)C. The molecule has 1 nitrogen and oxygen atoms in total. The Kier molecular flexibility index (Phi) is 5.20. The Bertz CT molecular complexity index is 366. The molecule has 0 N–H and O–H groups in total. The highest BCUT2D eigenvalue weighted by atomic mass is 15.1. The van der Waals surface area contributed by atoms with Crippen LogP contribution < -0.4 is 0 Å². The molecule has 0 saturated heterocycles. The van der Waals surface area contributed by atoms with Gasteiger partial charge < -0.3 is 4.90 Å². The first-order valence-electron chi connectivity index (χ1n) is 6.80. The van der Waals surface area contributed by atoms with Gasteiger partial charge in [0, 0.05) is 6.54 Å². The van der Waals surface area contributed by atoms with E-state index in [-0.39, 0.29) is 0 Å². The van der Waals surface area contributed by atoms with E-state index in [0.717, 1.165) is 19.5 Å². The highest BCUT2D eigenvalue weighted by Gasteiger charge is 2.10. The molecule has 0 bridgehead atoms. The summed E-state index contributed by atoms with van der Waals surface area (Å²) in [6, 6.07) is 4.80. The molecule has 1 rings (SSSR count). The molecule has 17 heavy (non-hydrogen) atoms. The van der Waals surface area contributed by atoms with Crippen LogP contribution in [0.25, 0.3) is 0 Å². The molecule has 1 heteroatoms. The Labute approximate surface area is 107 Å². The first-order chi connectivity index (χ1) is 7.99. The molecular weight excluding hydrogens is 206 g/mol. The molecule has 1 aromatic rings. The minimum atomic E-state index is 0.626. The normalized spacial score (nSPS) is 11.5. The van der Waals surface area contributed by atoms with E-state index in [1.807, 2.05) is 0 Å². The van der Waals surface area contributed by atoms with Crippen molar-refractivity contribution in [2.24, 2.45) is 0 Å². The second-order valence-electron chi connectivity index (χ2n) is 5.32. The van der Waals surface area contributed by atoms with Crippen molar-refractivity contribution in [3.63, 3.8) is 0 Å². The minimum Gasteiger partial charge on any atom is -0.302 e. The van der Waals surface area contributed by atoms with Gasteiger partial charge in [-0.3, -0.25) is 0 Å². The first kappa shape index (κ1) is 14.2. The number of hydrogen-bond acceptors (Lipinski definition) is 1. The van der Waals surface area contributed by atoms with Crippen molar-refractivity contribution in [1.29, 1.82) is 0 Å².